The van der Waals surface area contributed by atoms with Gasteiger partial charge in [0.2, 0.25) is 5.91 Å². The van der Waals surface area contributed by atoms with Crippen LogP contribution < -0.4 is 5.32 Å². The molecule has 14 heteroatoms. The number of aromatic nitrogens is 2. The number of benzene rings is 1. The monoisotopic (exact) mass is 597 g/mol. The van der Waals surface area contributed by atoms with Crippen molar-refractivity contribution in [1.82, 2.24) is 24.7 Å². The summed E-state index contributed by atoms with van der Waals surface area (Å²) >= 11 is 0. The maximum Gasteiger partial charge on any atom is 0.394 e. The normalized spacial score (nSPS) is 19.6. The topological polar surface area (TPSA) is 164 Å². The molecule has 2 fully saturated rings. The zero-order valence-corrected chi connectivity index (χ0v) is 24.9. The molecule has 0 bridgehead atoms. The van der Waals surface area contributed by atoms with Gasteiger partial charge >= 0.3 is 10.4 Å². The minimum absolute atomic E-state index is 0.0575. The van der Waals surface area contributed by atoms with Gasteiger partial charge in [-0.25, -0.2) is 4.98 Å². The summed E-state index contributed by atoms with van der Waals surface area (Å²) in [5, 5.41) is 3.44. The lowest BCUT2D eigenvalue weighted by Gasteiger charge is -2.40. The molecule has 0 aliphatic carbocycles. The number of carbonyl (C=O) groups excluding carboxylic acids is 2. The van der Waals surface area contributed by atoms with Gasteiger partial charge in [0.15, 0.2) is 5.82 Å². The van der Waals surface area contributed by atoms with E-state index >= 15 is 0 Å². The Morgan fingerprint density at radius 1 is 1.17 bits per heavy atom. The Morgan fingerprint density at radius 2 is 1.85 bits per heavy atom. The Morgan fingerprint density at radius 3 is 2.51 bits per heavy atom. The van der Waals surface area contributed by atoms with E-state index in [9.17, 15) is 9.59 Å². The first-order chi connectivity index (χ1) is 19.5. The van der Waals surface area contributed by atoms with Crippen LogP contribution in [0.3, 0.4) is 0 Å². The number of morpholine rings is 1. The molecule has 41 heavy (non-hydrogen) atoms. The number of piperidine rings is 1. The van der Waals surface area contributed by atoms with Crippen LogP contribution in [0.25, 0.3) is 11.0 Å². The van der Waals surface area contributed by atoms with Crippen LogP contribution in [-0.2, 0) is 31.2 Å². The summed E-state index contributed by atoms with van der Waals surface area (Å²) in [7, 11) is -2.96. The summed E-state index contributed by atoms with van der Waals surface area (Å²) in [6, 6.07) is 7.87. The number of methoxy groups -OCH3 is 1. The van der Waals surface area contributed by atoms with Gasteiger partial charge in [-0.05, 0) is 37.3 Å². The van der Waals surface area contributed by atoms with Gasteiger partial charge in [0.1, 0.15) is 0 Å². The number of unbranched alkanes of at least 4 members (excludes halogenated alkanes) is 1. The number of rotatable bonds is 10. The van der Waals surface area contributed by atoms with Crippen LogP contribution in [-0.4, -0.2) is 114 Å². The highest BCUT2D eigenvalue weighted by molar-refractivity contribution is 7.79. The highest BCUT2D eigenvalue weighted by Crippen LogP contribution is 2.24. The van der Waals surface area contributed by atoms with E-state index in [1.807, 2.05) is 34.1 Å². The van der Waals surface area contributed by atoms with Crippen LogP contribution in [0.1, 0.15) is 43.7 Å². The molecular formula is C27H43N5O8S. The van der Waals surface area contributed by atoms with Crippen molar-refractivity contribution in [2.75, 3.05) is 59.7 Å². The molecule has 2 aliphatic rings. The Labute approximate surface area is 241 Å². The number of imidazole rings is 1. The lowest BCUT2D eigenvalue weighted by Crippen LogP contribution is -2.56. The van der Waals surface area contributed by atoms with Gasteiger partial charge in [-0.15, -0.1) is 0 Å². The van der Waals surface area contributed by atoms with E-state index in [-0.39, 0.29) is 23.8 Å². The van der Waals surface area contributed by atoms with Crippen LogP contribution >= 0.6 is 0 Å². The lowest BCUT2D eigenvalue weighted by atomic mass is 9.92. The number of amides is 2. The average Bonchev–Trinajstić information content (AvgIpc) is 3.31. The van der Waals surface area contributed by atoms with E-state index in [2.05, 4.69) is 23.7 Å². The molecular weight excluding hydrogens is 554 g/mol. The van der Waals surface area contributed by atoms with E-state index in [0.29, 0.717) is 77.3 Å². The summed E-state index contributed by atoms with van der Waals surface area (Å²) in [6.07, 6.45) is 2.49. The van der Waals surface area contributed by atoms with Crippen molar-refractivity contribution in [3.8, 4) is 0 Å². The second-order valence-corrected chi connectivity index (χ2v) is 11.7. The average molecular weight is 598 g/mol. The molecule has 2 amide bonds. The van der Waals surface area contributed by atoms with Crippen molar-refractivity contribution in [1.29, 1.82) is 0 Å². The van der Waals surface area contributed by atoms with Gasteiger partial charge in [0.25, 0.3) is 5.91 Å². The van der Waals surface area contributed by atoms with E-state index < -0.39 is 10.4 Å². The molecule has 0 saturated carbocycles. The van der Waals surface area contributed by atoms with Crippen molar-refractivity contribution in [2.45, 2.75) is 45.7 Å². The quantitative estimate of drug-likeness (QED) is 0.272. The standard InChI is InChI=1S/C27H41N5O4.H2O4S/c1-20(2)19-32(22-16-21(17-28-18-22)26(33)30-11-14-36-15-12-30)27(34)25-29-23-8-4-5-9-24(23)31(25)10-6-7-13-35-3;1-5(2,3)4/h4-5,8-9,20-22,28H,6-7,10-19H2,1-3H3;(H2,1,2,3,4)/t21-,22+;/m1./s1. The third-order valence-corrected chi connectivity index (χ3v) is 7.09. The molecule has 0 radical (unpaired) electrons. The Kier molecular flexibility index (Phi) is 12.5. The van der Waals surface area contributed by atoms with Crippen molar-refractivity contribution < 1.29 is 36.6 Å². The Balaban J connectivity index is 0.000000850. The fourth-order valence-electron chi connectivity index (χ4n) is 5.29. The number of para-hydroxylation sites is 2. The molecule has 2 saturated heterocycles. The number of hydrogen-bond acceptors (Lipinski definition) is 8. The number of ether oxygens (including phenoxy) is 2. The zero-order valence-electron chi connectivity index (χ0n) is 24.1. The number of nitrogens with one attached hydrogen (secondary N) is 1. The van der Waals surface area contributed by atoms with Crippen molar-refractivity contribution in [3.63, 3.8) is 0 Å². The first kappa shape index (κ1) is 32.9. The van der Waals surface area contributed by atoms with Crippen molar-refractivity contribution in [2.24, 2.45) is 11.8 Å². The van der Waals surface area contributed by atoms with Crippen molar-refractivity contribution >= 4 is 33.2 Å². The molecule has 0 unspecified atom stereocenters. The third kappa shape index (κ3) is 10.0. The summed E-state index contributed by atoms with van der Waals surface area (Å²) in [4.78, 5) is 36.0. The van der Waals surface area contributed by atoms with Gasteiger partial charge in [0, 0.05) is 59.0 Å². The van der Waals surface area contributed by atoms with E-state index in [4.69, 9.17) is 32.0 Å². The number of aryl methyl sites for hydroxylation is 1. The first-order valence-electron chi connectivity index (χ1n) is 14.0. The summed E-state index contributed by atoms with van der Waals surface area (Å²) in [6.45, 7) is 10.1. The van der Waals surface area contributed by atoms with Crippen LogP contribution in [0, 0.1) is 11.8 Å². The van der Waals surface area contributed by atoms with Crippen LogP contribution in [0.15, 0.2) is 24.3 Å². The zero-order chi connectivity index (χ0) is 30.0. The fraction of sp³-hybridized carbons (Fsp3) is 0.667. The van der Waals surface area contributed by atoms with Gasteiger partial charge in [0.05, 0.1) is 30.2 Å². The second kappa shape index (κ2) is 15.6. The maximum atomic E-state index is 14.1. The number of carbonyl (C=O) groups is 2. The highest BCUT2D eigenvalue weighted by atomic mass is 32.3. The molecule has 1 aromatic heterocycles. The molecule has 0 spiro atoms. The van der Waals surface area contributed by atoms with E-state index in [0.717, 1.165) is 23.9 Å². The maximum absolute atomic E-state index is 14.1. The number of hydrogen-bond donors (Lipinski definition) is 3. The summed E-state index contributed by atoms with van der Waals surface area (Å²) in [5.74, 6) is 0.743. The highest BCUT2D eigenvalue weighted by Gasteiger charge is 2.36. The molecule has 1 aromatic carbocycles. The smallest absolute Gasteiger partial charge is 0.385 e. The molecule has 2 aliphatic heterocycles. The number of fused-ring (bicyclic) bond motifs is 1. The van der Waals surface area contributed by atoms with Gasteiger partial charge in [-0.1, -0.05) is 26.0 Å². The van der Waals surface area contributed by atoms with Gasteiger partial charge in [-0.3, -0.25) is 18.7 Å². The Bertz CT molecular complexity index is 1240. The van der Waals surface area contributed by atoms with Crippen LogP contribution in [0.2, 0.25) is 0 Å². The molecule has 4 rings (SSSR count). The molecule has 3 heterocycles. The van der Waals surface area contributed by atoms with Crippen LogP contribution in [0.4, 0.5) is 0 Å². The van der Waals surface area contributed by atoms with Gasteiger partial charge < -0.3 is 29.2 Å². The summed E-state index contributed by atoms with van der Waals surface area (Å²) < 4.78 is 44.3. The lowest BCUT2D eigenvalue weighted by molar-refractivity contribution is -0.140. The number of nitrogens with zero attached hydrogens (tertiary/aromatic N) is 4. The predicted molar refractivity (Wildman–Crippen MR) is 153 cm³/mol. The molecule has 3 N–H and O–H groups in total. The molecule has 2 atom stereocenters. The van der Waals surface area contributed by atoms with E-state index in [1.165, 1.54) is 0 Å². The third-order valence-electron chi connectivity index (χ3n) is 7.09. The molecule has 230 valence electrons. The van der Waals surface area contributed by atoms with Crippen molar-refractivity contribution in [3.05, 3.63) is 30.1 Å². The minimum Gasteiger partial charge on any atom is -0.385 e. The van der Waals surface area contributed by atoms with Gasteiger partial charge in [-0.2, -0.15) is 8.42 Å². The summed E-state index contributed by atoms with van der Waals surface area (Å²) in [5.41, 5.74) is 1.81. The minimum atomic E-state index is -4.67. The van der Waals surface area contributed by atoms with Crippen LogP contribution in [0.5, 0.6) is 0 Å². The largest absolute Gasteiger partial charge is 0.394 e. The molecule has 13 nitrogen and oxygen atoms in total. The predicted octanol–water partition coefficient (Wildman–Crippen LogP) is 1.75. The second-order valence-electron chi connectivity index (χ2n) is 10.8. The first-order valence-corrected chi connectivity index (χ1v) is 15.4. The molecule has 2 aromatic rings. The Hall–Kier alpha value is -2.62. The SMILES string of the molecule is COCCCCn1c(C(=O)N(CC(C)C)[C@@H]2CNC[C@H](C(=O)N3CCOCC3)C2)nc2ccccc21.O=S(=O)(O)O. The van der Waals surface area contributed by atoms with E-state index in [1.54, 1.807) is 7.11 Å². The fourth-order valence-corrected chi connectivity index (χ4v) is 5.29.